The molecule has 0 unspecified atom stereocenters. The molecule has 0 amide bonds. The number of rotatable bonds is 12. The summed E-state index contributed by atoms with van der Waals surface area (Å²) >= 11 is 0. The van der Waals surface area contributed by atoms with Crippen LogP contribution in [0.2, 0.25) is 0 Å². The molecule has 0 aliphatic heterocycles. The third kappa shape index (κ3) is 7.04. The van der Waals surface area contributed by atoms with E-state index in [1.807, 2.05) is 31.2 Å². The molecule has 2 N–H and O–H groups in total. The molecule has 0 aliphatic rings. The molecule has 2 aromatic rings. The maximum Gasteiger partial charge on any atom is 0.161 e. The van der Waals surface area contributed by atoms with Crippen molar-refractivity contribution in [2.24, 2.45) is 0 Å². The molecule has 0 fully saturated rings. The van der Waals surface area contributed by atoms with Crippen molar-refractivity contribution >= 4 is 0 Å². The van der Waals surface area contributed by atoms with Crippen LogP contribution in [0.3, 0.4) is 0 Å². The van der Waals surface area contributed by atoms with Gasteiger partial charge < -0.3 is 24.6 Å². The molecule has 2 rings (SSSR count). The first kappa shape index (κ1) is 20.2. The summed E-state index contributed by atoms with van der Waals surface area (Å²) in [5.41, 5.74) is 3.49. The molecule has 0 aromatic heterocycles. The van der Waals surface area contributed by atoms with Crippen LogP contribution < -0.4 is 14.8 Å². The second-order valence-electron chi connectivity index (χ2n) is 6.00. The number of aliphatic hydroxyl groups is 1. The largest absolute Gasteiger partial charge is 0.490 e. The summed E-state index contributed by atoms with van der Waals surface area (Å²) in [7, 11) is 0. The van der Waals surface area contributed by atoms with E-state index in [9.17, 15) is 0 Å². The summed E-state index contributed by atoms with van der Waals surface area (Å²) in [6, 6.07) is 14.3. The quantitative estimate of drug-likeness (QED) is 0.571. The summed E-state index contributed by atoms with van der Waals surface area (Å²) in [6.07, 6.45) is 0. The van der Waals surface area contributed by atoms with Crippen LogP contribution in [0.25, 0.3) is 0 Å². The fraction of sp³-hybridized carbons (Fsp3) is 0.429. The van der Waals surface area contributed by atoms with Crippen LogP contribution in [0, 0.1) is 6.92 Å². The van der Waals surface area contributed by atoms with Crippen molar-refractivity contribution in [2.45, 2.75) is 27.0 Å². The lowest BCUT2D eigenvalue weighted by molar-refractivity contribution is 0.0938. The molecule has 5 nitrogen and oxygen atoms in total. The van der Waals surface area contributed by atoms with E-state index < -0.39 is 0 Å². The van der Waals surface area contributed by atoms with Gasteiger partial charge in [0.15, 0.2) is 11.5 Å². The molecule has 0 saturated carbocycles. The molecule has 0 spiro atoms. The highest BCUT2D eigenvalue weighted by Crippen LogP contribution is 2.29. The molecule has 0 radical (unpaired) electrons. The second-order valence-corrected chi connectivity index (χ2v) is 6.00. The van der Waals surface area contributed by atoms with Crippen molar-refractivity contribution in [1.82, 2.24) is 5.32 Å². The Morgan fingerprint density at radius 2 is 1.85 bits per heavy atom. The van der Waals surface area contributed by atoms with Gasteiger partial charge in [-0.15, -0.1) is 0 Å². The normalized spacial score (nSPS) is 10.7. The lowest BCUT2D eigenvalue weighted by Gasteiger charge is -2.14. The lowest BCUT2D eigenvalue weighted by Crippen LogP contribution is -2.20. The topological polar surface area (TPSA) is 60.0 Å². The summed E-state index contributed by atoms with van der Waals surface area (Å²) in [5.74, 6) is 1.51. The molecular formula is C21H29NO4. The van der Waals surface area contributed by atoms with E-state index in [4.69, 9.17) is 19.3 Å². The Bertz CT molecular complexity index is 660. The van der Waals surface area contributed by atoms with Crippen LogP contribution >= 0.6 is 0 Å². The number of hydrogen-bond donors (Lipinski definition) is 2. The minimum absolute atomic E-state index is 0.0573. The molecule has 142 valence electrons. The van der Waals surface area contributed by atoms with Gasteiger partial charge in [0.2, 0.25) is 0 Å². The summed E-state index contributed by atoms with van der Waals surface area (Å²) in [6.45, 7) is 7.62. The first-order chi connectivity index (χ1) is 12.7. The van der Waals surface area contributed by atoms with E-state index in [0.717, 1.165) is 35.7 Å². The number of nitrogens with one attached hydrogen (secondary N) is 1. The Balaban J connectivity index is 1.90. The van der Waals surface area contributed by atoms with Crippen LogP contribution in [-0.2, 0) is 17.9 Å². The number of aliphatic hydroxyl groups excluding tert-OH is 1. The number of aryl methyl sites for hydroxylation is 1. The predicted octanol–water partition coefficient (Wildman–Crippen LogP) is 3.07. The van der Waals surface area contributed by atoms with Crippen molar-refractivity contribution < 1.29 is 19.3 Å². The van der Waals surface area contributed by atoms with Gasteiger partial charge in [0.05, 0.1) is 26.4 Å². The molecular weight excluding hydrogens is 330 g/mol. The fourth-order valence-corrected chi connectivity index (χ4v) is 2.56. The van der Waals surface area contributed by atoms with Crippen molar-refractivity contribution in [2.75, 3.05) is 33.0 Å². The number of ether oxygens (including phenoxy) is 3. The van der Waals surface area contributed by atoms with Crippen LogP contribution in [0.5, 0.6) is 11.5 Å². The zero-order valence-corrected chi connectivity index (χ0v) is 15.7. The Labute approximate surface area is 155 Å². The predicted molar refractivity (Wildman–Crippen MR) is 103 cm³/mol. The molecule has 26 heavy (non-hydrogen) atoms. The summed E-state index contributed by atoms with van der Waals surface area (Å²) in [4.78, 5) is 0. The maximum atomic E-state index is 8.67. The minimum atomic E-state index is 0.0573. The second kappa shape index (κ2) is 11.5. The third-order valence-corrected chi connectivity index (χ3v) is 3.77. The Kier molecular flexibility index (Phi) is 8.96. The summed E-state index contributed by atoms with van der Waals surface area (Å²) < 4.78 is 16.9. The van der Waals surface area contributed by atoms with Gasteiger partial charge in [-0.1, -0.05) is 35.9 Å². The van der Waals surface area contributed by atoms with Crippen LogP contribution in [0.15, 0.2) is 42.5 Å². The van der Waals surface area contributed by atoms with E-state index in [2.05, 4.69) is 30.4 Å². The Morgan fingerprint density at radius 1 is 0.962 bits per heavy atom. The molecule has 0 atom stereocenters. The van der Waals surface area contributed by atoms with E-state index >= 15 is 0 Å². The van der Waals surface area contributed by atoms with Gasteiger partial charge in [-0.25, -0.2) is 0 Å². The van der Waals surface area contributed by atoms with Crippen LogP contribution in [0.4, 0.5) is 0 Å². The van der Waals surface area contributed by atoms with E-state index in [-0.39, 0.29) is 6.61 Å². The van der Waals surface area contributed by atoms with Gasteiger partial charge in [0.25, 0.3) is 0 Å². The van der Waals surface area contributed by atoms with Gasteiger partial charge in [0.1, 0.15) is 6.61 Å². The van der Waals surface area contributed by atoms with E-state index in [1.54, 1.807) is 0 Å². The van der Waals surface area contributed by atoms with Gasteiger partial charge in [-0.2, -0.15) is 0 Å². The molecule has 0 saturated heterocycles. The smallest absolute Gasteiger partial charge is 0.161 e. The first-order valence-electron chi connectivity index (χ1n) is 9.06. The highest BCUT2D eigenvalue weighted by molar-refractivity contribution is 5.43. The van der Waals surface area contributed by atoms with Gasteiger partial charge in [-0.05, 0) is 37.1 Å². The molecule has 0 bridgehead atoms. The van der Waals surface area contributed by atoms with Gasteiger partial charge in [-0.3, -0.25) is 0 Å². The Morgan fingerprint density at radius 3 is 2.62 bits per heavy atom. The van der Waals surface area contributed by atoms with E-state index in [1.165, 1.54) is 5.56 Å². The van der Waals surface area contributed by atoms with Crippen molar-refractivity contribution in [1.29, 1.82) is 0 Å². The number of benzene rings is 2. The molecule has 0 aliphatic carbocycles. The van der Waals surface area contributed by atoms with Crippen LogP contribution in [0.1, 0.15) is 23.6 Å². The lowest BCUT2D eigenvalue weighted by atomic mass is 10.1. The zero-order chi connectivity index (χ0) is 18.6. The summed E-state index contributed by atoms with van der Waals surface area (Å²) in [5, 5.41) is 12.0. The van der Waals surface area contributed by atoms with Crippen molar-refractivity contribution in [3.63, 3.8) is 0 Å². The SMILES string of the molecule is CCOc1cc(CNCCOCCO)ccc1OCc1cccc(C)c1. The monoisotopic (exact) mass is 359 g/mol. The first-order valence-corrected chi connectivity index (χ1v) is 9.06. The third-order valence-electron chi connectivity index (χ3n) is 3.77. The maximum absolute atomic E-state index is 8.67. The standard InChI is InChI=1S/C21H29NO4/c1-3-25-21-14-18(15-22-9-11-24-12-10-23)7-8-20(21)26-16-19-6-4-5-17(2)13-19/h4-8,13-14,22-23H,3,9-12,15-16H2,1-2H3. The highest BCUT2D eigenvalue weighted by Gasteiger charge is 2.07. The average molecular weight is 359 g/mol. The molecule has 0 heterocycles. The van der Waals surface area contributed by atoms with Crippen molar-refractivity contribution in [3.8, 4) is 11.5 Å². The highest BCUT2D eigenvalue weighted by atomic mass is 16.5. The Hall–Kier alpha value is -2.08. The minimum Gasteiger partial charge on any atom is -0.490 e. The van der Waals surface area contributed by atoms with Crippen molar-refractivity contribution in [3.05, 3.63) is 59.2 Å². The van der Waals surface area contributed by atoms with E-state index in [0.29, 0.717) is 26.4 Å². The molecule has 2 aromatic carbocycles. The average Bonchev–Trinajstić information content (AvgIpc) is 2.64. The number of hydrogen-bond acceptors (Lipinski definition) is 5. The van der Waals surface area contributed by atoms with Gasteiger partial charge in [0, 0.05) is 13.1 Å². The zero-order valence-electron chi connectivity index (χ0n) is 15.7. The fourth-order valence-electron chi connectivity index (χ4n) is 2.56. The molecule has 5 heteroatoms. The van der Waals surface area contributed by atoms with Crippen LogP contribution in [-0.4, -0.2) is 38.1 Å². The van der Waals surface area contributed by atoms with Gasteiger partial charge >= 0.3 is 0 Å².